The van der Waals surface area contributed by atoms with E-state index in [0.717, 1.165) is 25.7 Å². The lowest BCUT2D eigenvalue weighted by Gasteiger charge is -2.31. The van der Waals surface area contributed by atoms with Crippen LogP contribution in [0.1, 0.15) is 51.9 Å². The zero-order chi connectivity index (χ0) is 13.0. The molecule has 2 aliphatic rings. The van der Waals surface area contributed by atoms with Gasteiger partial charge >= 0.3 is 0 Å². The van der Waals surface area contributed by atoms with E-state index < -0.39 is 10.0 Å². The third-order valence-electron chi connectivity index (χ3n) is 4.30. The van der Waals surface area contributed by atoms with Crippen LogP contribution >= 0.6 is 0 Å². The van der Waals surface area contributed by atoms with E-state index >= 15 is 0 Å². The molecular weight excluding hydrogens is 250 g/mol. The first kappa shape index (κ1) is 14.3. The van der Waals surface area contributed by atoms with Crippen molar-refractivity contribution in [1.82, 2.24) is 4.72 Å². The Hall–Kier alpha value is -0.130. The van der Waals surface area contributed by atoms with Crippen molar-refractivity contribution in [2.75, 3.05) is 13.2 Å². The topological polar surface area (TPSA) is 55.4 Å². The van der Waals surface area contributed by atoms with Crippen LogP contribution in [-0.4, -0.2) is 32.9 Å². The summed E-state index contributed by atoms with van der Waals surface area (Å²) in [4.78, 5) is 0. The number of hydrogen-bond acceptors (Lipinski definition) is 3. The number of nitrogens with one attached hydrogen (secondary N) is 1. The van der Waals surface area contributed by atoms with Gasteiger partial charge in [-0.25, -0.2) is 13.1 Å². The molecule has 0 aromatic heterocycles. The molecular formula is C13H25NO3S. The summed E-state index contributed by atoms with van der Waals surface area (Å²) in [6.45, 7) is 3.35. The number of ether oxygens (including phenoxy) is 1. The first-order chi connectivity index (χ1) is 8.62. The fourth-order valence-corrected chi connectivity index (χ4v) is 4.77. The number of sulfonamides is 1. The minimum atomic E-state index is -3.14. The largest absolute Gasteiger partial charge is 0.381 e. The Morgan fingerprint density at radius 2 is 1.89 bits per heavy atom. The Labute approximate surface area is 111 Å². The first-order valence-corrected chi connectivity index (χ1v) is 8.75. The van der Waals surface area contributed by atoms with Crippen LogP contribution in [0.4, 0.5) is 0 Å². The van der Waals surface area contributed by atoms with Crippen LogP contribution in [-0.2, 0) is 14.8 Å². The molecule has 1 heterocycles. The molecule has 2 rings (SSSR count). The highest BCUT2D eigenvalue weighted by atomic mass is 32.2. The molecule has 2 unspecified atom stereocenters. The SMILES string of the molecule is CCC1CCCC(NS(=O)(=O)C2CCOCC2)C1. The van der Waals surface area contributed by atoms with Gasteiger partial charge in [-0.05, 0) is 31.6 Å². The molecule has 1 N–H and O–H groups in total. The molecule has 5 heteroatoms. The third-order valence-corrected chi connectivity index (χ3v) is 6.31. The van der Waals surface area contributed by atoms with Gasteiger partial charge in [0.2, 0.25) is 10.0 Å². The van der Waals surface area contributed by atoms with Crippen molar-refractivity contribution >= 4 is 10.0 Å². The van der Waals surface area contributed by atoms with E-state index in [1.807, 2.05) is 0 Å². The van der Waals surface area contributed by atoms with Gasteiger partial charge in [-0.2, -0.15) is 0 Å². The molecule has 0 bridgehead atoms. The van der Waals surface area contributed by atoms with Gasteiger partial charge in [-0.1, -0.05) is 26.2 Å². The average molecular weight is 275 g/mol. The van der Waals surface area contributed by atoms with Crippen molar-refractivity contribution in [2.24, 2.45) is 5.92 Å². The Balaban J connectivity index is 1.90. The lowest BCUT2D eigenvalue weighted by atomic mass is 9.85. The standard InChI is InChI=1S/C13H25NO3S/c1-2-11-4-3-5-12(10-11)14-18(15,16)13-6-8-17-9-7-13/h11-14H,2-10H2,1H3. The monoisotopic (exact) mass is 275 g/mol. The van der Waals surface area contributed by atoms with E-state index in [0.29, 0.717) is 32.0 Å². The second-order valence-corrected chi connectivity index (χ2v) is 7.60. The quantitative estimate of drug-likeness (QED) is 0.854. The van der Waals surface area contributed by atoms with Gasteiger partial charge in [0.05, 0.1) is 5.25 Å². The van der Waals surface area contributed by atoms with Crippen molar-refractivity contribution in [3.05, 3.63) is 0 Å². The maximum Gasteiger partial charge on any atom is 0.214 e. The Bertz CT molecular complexity index is 349. The van der Waals surface area contributed by atoms with Crippen LogP contribution in [0, 0.1) is 5.92 Å². The van der Waals surface area contributed by atoms with E-state index in [2.05, 4.69) is 11.6 Å². The van der Waals surface area contributed by atoms with Crippen molar-refractivity contribution in [3.63, 3.8) is 0 Å². The Morgan fingerprint density at radius 1 is 1.17 bits per heavy atom. The van der Waals surface area contributed by atoms with Crippen molar-refractivity contribution < 1.29 is 13.2 Å². The average Bonchev–Trinajstić information content (AvgIpc) is 2.39. The molecule has 1 saturated heterocycles. The Kier molecular flexibility index (Phi) is 5.04. The normalized spacial score (nSPS) is 31.4. The van der Waals surface area contributed by atoms with Crippen LogP contribution < -0.4 is 4.72 Å². The van der Waals surface area contributed by atoms with E-state index in [9.17, 15) is 8.42 Å². The van der Waals surface area contributed by atoms with Gasteiger partial charge in [0, 0.05) is 19.3 Å². The molecule has 2 atom stereocenters. The minimum Gasteiger partial charge on any atom is -0.381 e. The van der Waals surface area contributed by atoms with Crippen molar-refractivity contribution in [3.8, 4) is 0 Å². The molecule has 0 radical (unpaired) electrons. The van der Waals surface area contributed by atoms with Crippen LogP contribution in [0.2, 0.25) is 0 Å². The fourth-order valence-electron chi connectivity index (χ4n) is 3.08. The highest BCUT2D eigenvalue weighted by Gasteiger charge is 2.31. The van der Waals surface area contributed by atoms with Crippen LogP contribution in [0.5, 0.6) is 0 Å². The number of hydrogen-bond donors (Lipinski definition) is 1. The highest BCUT2D eigenvalue weighted by molar-refractivity contribution is 7.90. The van der Waals surface area contributed by atoms with Crippen molar-refractivity contribution in [1.29, 1.82) is 0 Å². The molecule has 0 aromatic rings. The molecule has 0 aromatic carbocycles. The smallest absolute Gasteiger partial charge is 0.214 e. The van der Waals surface area contributed by atoms with Crippen LogP contribution in [0.3, 0.4) is 0 Å². The van der Waals surface area contributed by atoms with Crippen molar-refractivity contribution in [2.45, 2.75) is 63.2 Å². The summed E-state index contributed by atoms with van der Waals surface area (Å²) >= 11 is 0. The van der Waals surface area contributed by atoms with Gasteiger partial charge < -0.3 is 4.74 Å². The summed E-state index contributed by atoms with van der Waals surface area (Å²) in [5, 5.41) is -0.242. The molecule has 106 valence electrons. The summed E-state index contributed by atoms with van der Waals surface area (Å²) in [7, 11) is -3.14. The summed E-state index contributed by atoms with van der Waals surface area (Å²) < 4.78 is 32.7. The van der Waals surface area contributed by atoms with Gasteiger partial charge in [0.1, 0.15) is 0 Å². The van der Waals surface area contributed by atoms with E-state index in [1.54, 1.807) is 0 Å². The lowest BCUT2D eigenvalue weighted by molar-refractivity contribution is 0.0980. The zero-order valence-electron chi connectivity index (χ0n) is 11.2. The molecule has 18 heavy (non-hydrogen) atoms. The minimum absolute atomic E-state index is 0.163. The second kappa shape index (κ2) is 6.35. The zero-order valence-corrected chi connectivity index (χ0v) is 12.0. The molecule has 0 spiro atoms. The summed E-state index contributed by atoms with van der Waals surface area (Å²) in [5.74, 6) is 0.695. The van der Waals surface area contributed by atoms with Crippen LogP contribution in [0.15, 0.2) is 0 Å². The molecule has 1 saturated carbocycles. The van der Waals surface area contributed by atoms with Crippen LogP contribution in [0.25, 0.3) is 0 Å². The molecule has 2 fully saturated rings. The summed E-state index contributed by atoms with van der Waals surface area (Å²) in [5.41, 5.74) is 0. The third kappa shape index (κ3) is 3.68. The van der Waals surface area contributed by atoms with Gasteiger partial charge in [-0.3, -0.25) is 0 Å². The predicted octanol–water partition coefficient (Wildman–Crippen LogP) is 2.05. The van der Waals surface area contributed by atoms with E-state index in [1.165, 1.54) is 6.42 Å². The predicted molar refractivity (Wildman–Crippen MR) is 71.9 cm³/mol. The summed E-state index contributed by atoms with van der Waals surface area (Å²) in [6.07, 6.45) is 6.86. The van der Waals surface area contributed by atoms with Gasteiger partial charge in [0.15, 0.2) is 0 Å². The maximum absolute atomic E-state index is 12.3. The first-order valence-electron chi connectivity index (χ1n) is 7.20. The van der Waals surface area contributed by atoms with Gasteiger partial charge in [-0.15, -0.1) is 0 Å². The molecule has 1 aliphatic carbocycles. The van der Waals surface area contributed by atoms with E-state index in [4.69, 9.17) is 4.74 Å². The fraction of sp³-hybridized carbons (Fsp3) is 1.00. The van der Waals surface area contributed by atoms with E-state index in [-0.39, 0.29) is 11.3 Å². The second-order valence-electron chi connectivity index (χ2n) is 5.61. The molecule has 1 aliphatic heterocycles. The summed E-state index contributed by atoms with van der Waals surface area (Å²) in [6, 6.07) is 0.163. The maximum atomic E-state index is 12.3. The Morgan fingerprint density at radius 3 is 2.56 bits per heavy atom. The molecule has 4 nitrogen and oxygen atoms in total. The van der Waals surface area contributed by atoms with Gasteiger partial charge in [0.25, 0.3) is 0 Å². The molecule has 0 amide bonds. The highest BCUT2D eigenvalue weighted by Crippen LogP contribution is 2.27. The number of rotatable bonds is 4. The lowest BCUT2D eigenvalue weighted by Crippen LogP contribution is -2.44.